The summed E-state index contributed by atoms with van der Waals surface area (Å²) < 4.78 is 0. The lowest BCUT2D eigenvalue weighted by Gasteiger charge is -2.10. The zero-order chi connectivity index (χ0) is 34.5. The zero-order valence-corrected chi connectivity index (χ0v) is 31.1. The highest BCUT2D eigenvalue weighted by molar-refractivity contribution is 5.43. The second-order valence-electron chi connectivity index (χ2n) is 14.9. The summed E-state index contributed by atoms with van der Waals surface area (Å²) in [4.78, 5) is 0. The van der Waals surface area contributed by atoms with E-state index in [4.69, 9.17) is 11.5 Å². The maximum atomic E-state index is 5.83. The van der Waals surface area contributed by atoms with Crippen LogP contribution in [-0.2, 0) is 25.7 Å². The van der Waals surface area contributed by atoms with Crippen LogP contribution in [0.5, 0.6) is 0 Å². The molecule has 4 rings (SSSR count). The summed E-state index contributed by atoms with van der Waals surface area (Å²) in [5, 5.41) is 0. The molecule has 0 aromatic heterocycles. The van der Waals surface area contributed by atoms with E-state index < -0.39 is 0 Å². The Balaban J connectivity index is 0.892. The van der Waals surface area contributed by atoms with Crippen molar-refractivity contribution in [3.8, 4) is 0 Å². The third-order valence-corrected chi connectivity index (χ3v) is 10.5. The molecule has 0 saturated carbocycles. The quantitative estimate of drug-likeness (QED) is 0.0581. The molecule has 0 aliphatic rings. The Kier molecular flexibility index (Phi) is 17.4. The molecule has 0 amide bonds. The Morgan fingerprint density at radius 1 is 0.327 bits per heavy atom. The van der Waals surface area contributed by atoms with Crippen LogP contribution in [0.1, 0.15) is 154 Å². The number of rotatable bonds is 24. The largest absolute Gasteiger partial charge is 0.399 e. The second-order valence-corrected chi connectivity index (χ2v) is 14.9. The molecule has 49 heavy (non-hydrogen) atoms. The van der Waals surface area contributed by atoms with Gasteiger partial charge >= 0.3 is 0 Å². The van der Waals surface area contributed by atoms with Gasteiger partial charge in [-0.1, -0.05) is 157 Å². The van der Waals surface area contributed by atoms with E-state index in [-0.39, 0.29) is 0 Å². The fourth-order valence-corrected chi connectivity index (χ4v) is 7.24. The molecule has 0 heterocycles. The van der Waals surface area contributed by atoms with Crippen LogP contribution in [0.15, 0.2) is 84.9 Å². The van der Waals surface area contributed by atoms with Crippen LogP contribution >= 0.6 is 0 Å². The number of benzene rings is 4. The Morgan fingerprint density at radius 3 is 0.878 bits per heavy atom. The van der Waals surface area contributed by atoms with E-state index in [2.05, 4.69) is 74.5 Å². The Morgan fingerprint density at radius 2 is 0.592 bits per heavy atom. The van der Waals surface area contributed by atoms with Gasteiger partial charge in [-0.05, 0) is 121 Å². The molecule has 4 aromatic rings. The number of nitrogens with two attached hydrogens (primary N) is 2. The van der Waals surface area contributed by atoms with Gasteiger partial charge in [0.15, 0.2) is 0 Å². The molecular formula is C47H66N2. The first-order chi connectivity index (χ1) is 24.0. The van der Waals surface area contributed by atoms with Gasteiger partial charge in [0.1, 0.15) is 0 Å². The first-order valence-corrected chi connectivity index (χ1v) is 19.8. The predicted molar refractivity (Wildman–Crippen MR) is 216 cm³/mol. The number of anilines is 2. The fraction of sp³-hybridized carbons (Fsp3) is 0.489. The number of aryl methyl sites for hydroxylation is 4. The molecule has 4 aromatic carbocycles. The monoisotopic (exact) mass is 659 g/mol. The van der Waals surface area contributed by atoms with Gasteiger partial charge in [0.25, 0.3) is 0 Å². The Bertz CT molecular complexity index is 1350. The number of hydrogen-bond donors (Lipinski definition) is 2. The lowest BCUT2D eigenvalue weighted by Crippen LogP contribution is -1.95. The topological polar surface area (TPSA) is 52.0 Å². The fourth-order valence-electron chi connectivity index (χ4n) is 7.24. The number of hydrogen-bond acceptors (Lipinski definition) is 2. The first kappa shape index (κ1) is 38.3. The average Bonchev–Trinajstić information content (AvgIpc) is 3.10. The number of nitrogen functional groups attached to an aromatic ring is 2. The molecule has 0 aliphatic carbocycles. The van der Waals surface area contributed by atoms with Gasteiger partial charge in [-0.25, -0.2) is 0 Å². The molecule has 0 unspecified atom stereocenters. The summed E-state index contributed by atoms with van der Waals surface area (Å²) >= 11 is 0. The van der Waals surface area contributed by atoms with Crippen molar-refractivity contribution in [2.24, 2.45) is 0 Å². The third-order valence-electron chi connectivity index (χ3n) is 10.5. The molecule has 0 atom stereocenters. The molecule has 0 bridgehead atoms. The highest BCUT2D eigenvalue weighted by Gasteiger charge is 2.05. The molecule has 2 heteroatoms. The minimum Gasteiger partial charge on any atom is -0.399 e. The van der Waals surface area contributed by atoms with E-state index in [0.717, 1.165) is 24.2 Å². The van der Waals surface area contributed by atoms with Crippen molar-refractivity contribution in [1.29, 1.82) is 0 Å². The van der Waals surface area contributed by atoms with Gasteiger partial charge in [-0.15, -0.1) is 0 Å². The van der Waals surface area contributed by atoms with E-state index in [1.54, 1.807) is 0 Å². The Labute approximate surface area is 300 Å². The van der Waals surface area contributed by atoms with Gasteiger partial charge in [-0.3, -0.25) is 0 Å². The molecule has 2 nitrogen and oxygen atoms in total. The molecule has 264 valence electrons. The van der Waals surface area contributed by atoms with Gasteiger partial charge in [0.05, 0.1) is 0 Å². The Hall–Kier alpha value is -3.52. The third kappa shape index (κ3) is 15.3. The second kappa shape index (κ2) is 22.2. The van der Waals surface area contributed by atoms with E-state index in [1.807, 2.05) is 24.3 Å². The van der Waals surface area contributed by atoms with Crippen molar-refractivity contribution in [2.45, 2.75) is 149 Å². The predicted octanol–water partition coefficient (Wildman–Crippen LogP) is 13.1. The average molecular weight is 659 g/mol. The van der Waals surface area contributed by atoms with Gasteiger partial charge in [0.2, 0.25) is 0 Å². The van der Waals surface area contributed by atoms with Gasteiger partial charge < -0.3 is 11.5 Å². The summed E-state index contributed by atoms with van der Waals surface area (Å²) in [6, 6.07) is 30.7. The molecule has 0 spiro atoms. The lowest BCUT2D eigenvalue weighted by atomic mass is 9.96. The van der Waals surface area contributed by atoms with Gasteiger partial charge in [0, 0.05) is 11.4 Å². The first-order valence-electron chi connectivity index (χ1n) is 19.8. The lowest BCUT2D eigenvalue weighted by molar-refractivity contribution is 0.525. The molecule has 0 saturated heterocycles. The minimum absolute atomic E-state index is 0.835. The van der Waals surface area contributed by atoms with Crippen LogP contribution in [0.4, 0.5) is 11.4 Å². The molecule has 4 N–H and O–H groups in total. The van der Waals surface area contributed by atoms with Crippen LogP contribution < -0.4 is 11.5 Å². The summed E-state index contributed by atoms with van der Waals surface area (Å²) in [5.41, 5.74) is 24.7. The standard InChI is InChI=1S/C47H66N2/c1-38-34-40(22-28-44(38)36-42-24-30-46(48)31-25-42)20-18-16-14-12-10-8-6-4-3-5-7-9-11-13-15-17-19-21-41-23-29-45(39(2)35-41)37-43-26-32-47(49)33-27-43/h22-35H,3-21,36-37,48-49H2,1-2H3. The van der Waals surface area contributed by atoms with Gasteiger partial charge in [-0.2, -0.15) is 0 Å². The zero-order valence-electron chi connectivity index (χ0n) is 31.1. The van der Waals surface area contributed by atoms with E-state index >= 15 is 0 Å². The number of unbranched alkanes of at least 4 members (excludes halogenated alkanes) is 16. The van der Waals surface area contributed by atoms with Crippen molar-refractivity contribution in [1.82, 2.24) is 0 Å². The van der Waals surface area contributed by atoms with Crippen LogP contribution in [0.2, 0.25) is 0 Å². The molecule has 0 radical (unpaired) electrons. The highest BCUT2D eigenvalue weighted by Crippen LogP contribution is 2.21. The van der Waals surface area contributed by atoms with Crippen LogP contribution in [0.25, 0.3) is 0 Å². The smallest absolute Gasteiger partial charge is 0.0314 e. The summed E-state index contributed by atoms with van der Waals surface area (Å²) in [7, 11) is 0. The van der Waals surface area contributed by atoms with E-state index in [9.17, 15) is 0 Å². The minimum atomic E-state index is 0.835. The normalized spacial score (nSPS) is 11.3. The highest BCUT2D eigenvalue weighted by atomic mass is 14.5. The van der Waals surface area contributed by atoms with E-state index in [0.29, 0.717) is 0 Å². The van der Waals surface area contributed by atoms with E-state index in [1.165, 1.54) is 167 Å². The van der Waals surface area contributed by atoms with Crippen molar-refractivity contribution in [3.05, 3.63) is 129 Å². The molecular weight excluding hydrogens is 593 g/mol. The maximum Gasteiger partial charge on any atom is 0.0314 e. The molecule has 0 fully saturated rings. The SMILES string of the molecule is Cc1cc(CCCCCCCCCCCCCCCCCCCc2ccc(Cc3ccc(N)cc3)c(C)c2)ccc1Cc1ccc(N)cc1. The van der Waals surface area contributed by atoms with Crippen LogP contribution in [0.3, 0.4) is 0 Å². The maximum absolute atomic E-state index is 5.83. The summed E-state index contributed by atoms with van der Waals surface area (Å²) in [6.45, 7) is 4.51. The van der Waals surface area contributed by atoms with Crippen LogP contribution in [0, 0.1) is 13.8 Å². The van der Waals surface area contributed by atoms with Crippen LogP contribution in [-0.4, -0.2) is 0 Å². The summed E-state index contributed by atoms with van der Waals surface area (Å²) in [6.07, 6.45) is 28.3. The van der Waals surface area contributed by atoms with Crippen molar-refractivity contribution in [3.63, 3.8) is 0 Å². The van der Waals surface area contributed by atoms with Crippen molar-refractivity contribution < 1.29 is 0 Å². The van der Waals surface area contributed by atoms with Crippen molar-refractivity contribution in [2.75, 3.05) is 11.5 Å². The summed E-state index contributed by atoms with van der Waals surface area (Å²) in [5.74, 6) is 0. The molecule has 0 aliphatic heterocycles. The van der Waals surface area contributed by atoms with Crippen molar-refractivity contribution >= 4 is 11.4 Å².